The first-order valence-electron chi connectivity index (χ1n) is 26.7. The van der Waals surface area contributed by atoms with Gasteiger partial charge in [0.05, 0.1) is 10.4 Å². The molecule has 3 aliphatic carbocycles. The van der Waals surface area contributed by atoms with E-state index in [1.54, 1.807) is 23.9 Å². The number of nitrogens with one attached hydrogen (secondary N) is 2. The van der Waals surface area contributed by atoms with Gasteiger partial charge < -0.3 is 31.1 Å². The summed E-state index contributed by atoms with van der Waals surface area (Å²) >= 11 is 6.52. The zero-order chi connectivity index (χ0) is 51.6. The number of piperidine rings is 2. The molecule has 0 radical (unpaired) electrons. The number of hydrogen-bond acceptors (Lipinski definition) is 7. The van der Waals surface area contributed by atoms with Crippen LogP contribution in [0.5, 0.6) is 0 Å². The molecule has 8 nitrogen and oxygen atoms in total. The zero-order valence-corrected chi connectivity index (χ0v) is 44.1. The van der Waals surface area contributed by atoms with E-state index in [1.807, 2.05) is 30.0 Å². The predicted octanol–water partition coefficient (Wildman–Crippen LogP) is 12.4. The van der Waals surface area contributed by atoms with E-state index in [-0.39, 0.29) is 33.2 Å². The molecule has 11 rings (SSSR count). The first-order chi connectivity index (χ1) is 35.0. The molecule has 73 heavy (non-hydrogen) atoms. The highest BCUT2D eigenvalue weighted by molar-refractivity contribution is 6.34. The van der Waals surface area contributed by atoms with Crippen molar-refractivity contribution in [3.63, 3.8) is 0 Å². The molecule has 0 amide bonds. The number of rotatable bonds is 11. The second-order valence-electron chi connectivity index (χ2n) is 22.7. The van der Waals surface area contributed by atoms with E-state index in [0.29, 0.717) is 82.0 Å². The maximum absolute atomic E-state index is 16.1. The summed E-state index contributed by atoms with van der Waals surface area (Å²) in [6.45, 7) is 22.1. The SMILES string of the molecule is C=C(N)c1ccc(CCC)c(F)c1-c1c(Cl)c(F)cc2c1CC(C)(c1ccccc1)C2.C=C1CCN(c2nn(C)c3c(F)c(C4CCN(C5CCN(CC67CCC(NC)(CC6)C7)CC5)CC4)c(F)cc23)C(=C)N1. The van der Waals surface area contributed by atoms with E-state index in [1.165, 1.54) is 76.7 Å². The average Bonchev–Trinajstić information content (AvgIpc) is 4.13. The second-order valence-corrected chi connectivity index (χ2v) is 23.1. The van der Waals surface area contributed by atoms with E-state index in [9.17, 15) is 4.39 Å². The van der Waals surface area contributed by atoms with E-state index in [4.69, 9.17) is 17.3 Å². The number of nitrogens with zero attached hydrogens (tertiary/aromatic N) is 5. The van der Waals surface area contributed by atoms with Gasteiger partial charge in [0.1, 0.15) is 28.8 Å². The Bertz CT molecular complexity index is 2940. The predicted molar refractivity (Wildman–Crippen MR) is 290 cm³/mol. The standard InChI is InChI=1S/C33H47F2N7.C27H26ClF2N/c1-22-5-18-42(23(2)37-22)31-26-19-27(34)28(29(35)30(26)39(4)38-31)24-6-16-41(17-7-24)25-8-14-40(15-9-25)21-32-10-12-33(20-32,36-3)13-11-32;1-4-8-17-11-12-20(16(2)31)24(26(17)30)23-21-15-27(3,19-9-6-5-7-10-19)14-18(21)13-22(29)25(23)28/h19,24-25,36-37H,1-2,5-18,20-21H2,3-4H3;5-7,9-13H,2,4,8,14-15,31H2,1,3H3. The third-order valence-corrected chi connectivity index (χ3v) is 18.4. The highest BCUT2D eigenvalue weighted by Crippen LogP contribution is 2.57. The van der Waals surface area contributed by atoms with Crippen molar-refractivity contribution < 1.29 is 17.6 Å². The quantitative estimate of drug-likeness (QED) is 0.114. The highest BCUT2D eigenvalue weighted by atomic mass is 35.5. The third kappa shape index (κ3) is 9.52. The van der Waals surface area contributed by atoms with Gasteiger partial charge in [0, 0.05) is 77.2 Å². The molecule has 3 aliphatic heterocycles. The summed E-state index contributed by atoms with van der Waals surface area (Å²) in [5.41, 5.74) is 13.1. The minimum absolute atomic E-state index is 0.0638. The Morgan fingerprint density at radius 3 is 2.25 bits per heavy atom. The number of anilines is 1. The number of aromatic nitrogens is 2. The van der Waals surface area contributed by atoms with Crippen molar-refractivity contribution in [1.29, 1.82) is 0 Å². The topological polar surface area (TPSA) is 77.6 Å². The van der Waals surface area contributed by atoms with Crippen LogP contribution < -0.4 is 21.3 Å². The molecule has 1 atom stereocenters. The molecule has 4 heterocycles. The molecule has 1 unspecified atom stereocenters. The van der Waals surface area contributed by atoms with E-state index >= 15 is 13.2 Å². The first-order valence-corrected chi connectivity index (χ1v) is 27.1. The lowest BCUT2D eigenvalue weighted by Gasteiger charge is -2.43. The fourth-order valence-electron chi connectivity index (χ4n) is 14.1. The molecule has 4 N–H and O–H groups in total. The molecular weight excluding hydrogens is 944 g/mol. The number of hydrogen-bond donors (Lipinski definition) is 3. The molecule has 1 aromatic heterocycles. The number of halogens is 5. The van der Waals surface area contributed by atoms with Crippen LogP contribution in [0.3, 0.4) is 0 Å². The molecule has 13 heteroatoms. The summed E-state index contributed by atoms with van der Waals surface area (Å²) in [5.74, 6) is -0.808. The number of benzene rings is 4. The van der Waals surface area contributed by atoms with Crippen molar-refractivity contribution >= 4 is 34.0 Å². The summed E-state index contributed by atoms with van der Waals surface area (Å²) in [4.78, 5) is 7.22. The molecule has 4 aromatic carbocycles. The average molecular weight is 1020 g/mol. The number of fused-ring (bicyclic) bond motifs is 4. The molecular formula is C60H73ClF4N8. The molecule has 2 bridgehead atoms. The Morgan fingerprint density at radius 2 is 1.60 bits per heavy atom. The smallest absolute Gasteiger partial charge is 0.164 e. The van der Waals surface area contributed by atoms with Crippen molar-refractivity contribution in [1.82, 2.24) is 30.2 Å². The Morgan fingerprint density at radius 1 is 0.890 bits per heavy atom. The number of aryl methyl sites for hydroxylation is 2. The van der Waals surface area contributed by atoms with Crippen LogP contribution in [-0.4, -0.2) is 77.5 Å². The Balaban J connectivity index is 0.000000176. The third-order valence-electron chi connectivity index (χ3n) is 18.0. The van der Waals surface area contributed by atoms with Crippen LogP contribution in [0.15, 0.2) is 85.9 Å². The van der Waals surface area contributed by atoms with E-state index in [0.717, 1.165) is 61.2 Å². The summed E-state index contributed by atoms with van der Waals surface area (Å²) < 4.78 is 64.1. The molecule has 6 aliphatic rings. The summed E-state index contributed by atoms with van der Waals surface area (Å²) in [6.07, 6.45) is 14.1. The summed E-state index contributed by atoms with van der Waals surface area (Å²) in [5, 5.41) is 11.8. The molecule has 388 valence electrons. The van der Waals surface area contributed by atoms with Crippen LogP contribution in [0.4, 0.5) is 23.4 Å². The second kappa shape index (κ2) is 20.2. The van der Waals surface area contributed by atoms with Gasteiger partial charge in [-0.15, -0.1) is 0 Å². The van der Waals surface area contributed by atoms with Gasteiger partial charge in [-0.25, -0.2) is 17.6 Å². The first kappa shape index (κ1) is 51.4. The Kier molecular flexibility index (Phi) is 14.2. The van der Waals surface area contributed by atoms with Crippen LogP contribution in [0.2, 0.25) is 5.02 Å². The van der Waals surface area contributed by atoms with Gasteiger partial charge >= 0.3 is 0 Å². The molecule has 0 spiro atoms. The highest BCUT2D eigenvalue weighted by Gasteiger charge is 2.54. The van der Waals surface area contributed by atoms with Crippen LogP contribution in [0.1, 0.15) is 124 Å². The Labute approximate surface area is 434 Å². The maximum atomic E-state index is 16.1. The number of nitrogens with two attached hydrogens (primary N) is 1. The lowest BCUT2D eigenvalue weighted by molar-refractivity contribution is 0.0646. The molecule has 5 fully saturated rings. The van der Waals surface area contributed by atoms with Crippen molar-refractivity contribution in [2.75, 3.05) is 51.2 Å². The van der Waals surface area contributed by atoms with Crippen molar-refractivity contribution in [2.45, 2.75) is 127 Å². The lowest BCUT2D eigenvalue weighted by Crippen LogP contribution is -2.49. The van der Waals surface area contributed by atoms with E-state index in [2.05, 4.69) is 71.4 Å². The van der Waals surface area contributed by atoms with Crippen LogP contribution >= 0.6 is 11.6 Å². The van der Waals surface area contributed by atoms with Gasteiger partial charge in [-0.3, -0.25) is 4.68 Å². The van der Waals surface area contributed by atoms with Crippen LogP contribution in [-0.2, 0) is 31.7 Å². The summed E-state index contributed by atoms with van der Waals surface area (Å²) in [6, 6.07) is 17.2. The Hall–Kier alpha value is -5.14. The normalized spacial score (nSPS) is 24.8. The van der Waals surface area contributed by atoms with Gasteiger partial charge in [-0.05, 0) is 156 Å². The zero-order valence-electron chi connectivity index (χ0n) is 43.3. The minimum Gasteiger partial charge on any atom is -0.399 e. The minimum atomic E-state index is -0.540. The lowest BCUT2D eigenvalue weighted by atomic mass is 9.79. The maximum Gasteiger partial charge on any atom is 0.164 e. The fraction of sp³-hybridized carbons (Fsp3) is 0.483. The van der Waals surface area contributed by atoms with Crippen molar-refractivity contribution in [3.05, 3.63) is 148 Å². The van der Waals surface area contributed by atoms with Crippen LogP contribution in [0.25, 0.3) is 27.7 Å². The van der Waals surface area contributed by atoms with E-state index < -0.39 is 23.3 Å². The molecule has 5 aromatic rings. The number of likely N-dealkylation sites (tertiary alicyclic amines) is 2. The van der Waals surface area contributed by atoms with Gasteiger partial charge in [0.15, 0.2) is 11.6 Å². The van der Waals surface area contributed by atoms with Gasteiger partial charge in [-0.2, -0.15) is 5.10 Å². The van der Waals surface area contributed by atoms with Crippen molar-refractivity contribution in [3.8, 4) is 11.1 Å². The monoisotopic (exact) mass is 1020 g/mol. The molecule has 2 saturated carbocycles. The van der Waals surface area contributed by atoms with Gasteiger partial charge in [0.2, 0.25) is 0 Å². The van der Waals surface area contributed by atoms with Crippen LogP contribution in [0, 0.1) is 28.7 Å². The fourth-order valence-corrected chi connectivity index (χ4v) is 14.3. The molecule has 3 saturated heterocycles. The van der Waals surface area contributed by atoms with Crippen molar-refractivity contribution in [2.24, 2.45) is 18.2 Å². The summed E-state index contributed by atoms with van der Waals surface area (Å²) in [7, 11) is 3.89. The van der Waals surface area contributed by atoms with Gasteiger partial charge in [0.25, 0.3) is 0 Å². The largest absolute Gasteiger partial charge is 0.399 e. The van der Waals surface area contributed by atoms with Gasteiger partial charge in [-0.1, -0.05) is 94.1 Å².